The molecule has 0 aliphatic carbocycles. The van der Waals surface area contributed by atoms with Crippen LogP contribution in [-0.4, -0.2) is 34.4 Å². The summed E-state index contributed by atoms with van der Waals surface area (Å²) in [4.78, 5) is 16.7. The van der Waals surface area contributed by atoms with Crippen molar-refractivity contribution in [3.05, 3.63) is 62.4 Å². The van der Waals surface area contributed by atoms with Crippen LogP contribution >= 0.6 is 39.9 Å². The summed E-state index contributed by atoms with van der Waals surface area (Å²) in [6.45, 7) is 1.16. The number of non-ortho nitro benzene ring substituents is 1. The molecule has 0 atom stereocenters. The molecule has 0 aliphatic heterocycles. The Morgan fingerprint density at radius 2 is 2.16 bits per heavy atom. The normalized spacial score (nSPS) is 11.0. The molecule has 0 aliphatic rings. The maximum absolute atomic E-state index is 10.8. The average molecular weight is 522 g/mol. The van der Waals surface area contributed by atoms with Crippen molar-refractivity contribution in [1.29, 1.82) is 0 Å². The molecule has 136 valence electrons. The highest BCUT2D eigenvalue weighted by Gasteiger charge is 2.11. The summed E-state index contributed by atoms with van der Waals surface area (Å²) in [5.74, 6) is 0.721. The van der Waals surface area contributed by atoms with E-state index < -0.39 is 4.92 Å². The molecule has 0 amide bonds. The first-order chi connectivity index (χ1) is 11.4. The smallest absolute Gasteiger partial charge is 0.269 e. The molecule has 2 aromatic rings. The predicted molar refractivity (Wildman–Crippen MR) is 113 cm³/mol. The van der Waals surface area contributed by atoms with Crippen LogP contribution in [0.1, 0.15) is 11.3 Å². The molecule has 25 heavy (non-hydrogen) atoms. The summed E-state index contributed by atoms with van der Waals surface area (Å²) in [5, 5.41) is 14.1. The summed E-state index contributed by atoms with van der Waals surface area (Å²) < 4.78 is 3.09. The molecule has 0 saturated heterocycles. The Kier molecular flexibility index (Phi) is 8.36. The first-order valence-corrected chi connectivity index (χ1v) is 8.16. The zero-order valence-corrected chi connectivity index (χ0v) is 18.2. The Morgan fingerprint density at radius 1 is 1.44 bits per heavy atom. The van der Waals surface area contributed by atoms with Crippen LogP contribution in [0, 0.1) is 10.1 Å². The van der Waals surface area contributed by atoms with Crippen LogP contribution in [0.5, 0.6) is 0 Å². The molecule has 7 nitrogen and oxygen atoms in total. The van der Waals surface area contributed by atoms with Gasteiger partial charge in [-0.25, -0.2) is 0 Å². The monoisotopic (exact) mass is 521 g/mol. The Morgan fingerprint density at radius 3 is 2.72 bits per heavy atom. The lowest BCUT2D eigenvalue weighted by Gasteiger charge is -2.22. The molecule has 0 unspecified atom stereocenters. The van der Waals surface area contributed by atoms with Gasteiger partial charge in [-0.3, -0.25) is 15.1 Å². The van der Waals surface area contributed by atoms with Crippen molar-refractivity contribution in [2.75, 3.05) is 14.1 Å². The van der Waals surface area contributed by atoms with Crippen LogP contribution in [0.2, 0.25) is 0 Å². The van der Waals surface area contributed by atoms with Crippen LogP contribution in [0.25, 0.3) is 0 Å². The van der Waals surface area contributed by atoms with Crippen molar-refractivity contribution in [2.24, 2.45) is 12.0 Å². The number of aryl methyl sites for hydroxylation is 1. The second kappa shape index (κ2) is 9.76. The third-order valence-electron chi connectivity index (χ3n) is 3.62. The van der Waals surface area contributed by atoms with Crippen LogP contribution in [-0.2, 0) is 20.1 Å². The number of rotatable bonds is 5. The lowest BCUT2D eigenvalue weighted by atomic mass is 10.2. The molecule has 0 bridgehead atoms. The molecule has 0 fully saturated rings. The van der Waals surface area contributed by atoms with Gasteiger partial charge in [-0.15, -0.1) is 24.0 Å². The van der Waals surface area contributed by atoms with Gasteiger partial charge in [0.15, 0.2) is 5.96 Å². The van der Waals surface area contributed by atoms with Gasteiger partial charge in [-0.2, -0.15) is 0 Å². The van der Waals surface area contributed by atoms with Gasteiger partial charge >= 0.3 is 0 Å². The number of aliphatic imine (C=N–C) groups is 1. The van der Waals surface area contributed by atoms with E-state index >= 15 is 0 Å². The summed E-state index contributed by atoms with van der Waals surface area (Å²) in [6, 6.07) is 8.64. The van der Waals surface area contributed by atoms with E-state index in [9.17, 15) is 10.1 Å². The van der Waals surface area contributed by atoms with Gasteiger partial charge in [-0.1, -0.05) is 12.1 Å². The molecule has 1 N–H and O–H groups in total. The van der Waals surface area contributed by atoms with E-state index in [1.807, 2.05) is 31.3 Å². The van der Waals surface area contributed by atoms with E-state index in [0.29, 0.717) is 13.1 Å². The van der Waals surface area contributed by atoms with E-state index in [1.54, 1.807) is 19.2 Å². The molecule has 1 aromatic carbocycles. The largest absolute Gasteiger partial charge is 0.352 e. The minimum absolute atomic E-state index is 0. The van der Waals surface area contributed by atoms with Gasteiger partial charge in [0, 0.05) is 56.2 Å². The van der Waals surface area contributed by atoms with Gasteiger partial charge < -0.3 is 14.8 Å². The molecule has 0 saturated carbocycles. The number of nitrogens with one attached hydrogen (secondary N) is 1. The van der Waals surface area contributed by atoms with Crippen molar-refractivity contribution in [3.63, 3.8) is 0 Å². The Labute approximate surface area is 172 Å². The molecular weight excluding hydrogens is 501 g/mol. The van der Waals surface area contributed by atoms with E-state index in [-0.39, 0.29) is 29.7 Å². The van der Waals surface area contributed by atoms with E-state index in [2.05, 4.69) is 36.9 Å². The van der Waals surface area contributed by atoms with Crippen LogP contribution in [0.4, 0.5) is 5.69 Å². The SMILES string of the molecule is CN=C(NCc1cccc([N+](=O)[O-])c1)N(C)Cc1cc(Br)cn1C.I. The molecule has 0 spiro atoms. The average Bonchev–Trinajstić information content (AvgIpc) is 2.85. The highest BCUT2D eigenvalue weighted by Crippen LogP contribution is 2.15. The Balaban J connectivity index is 0.00000312. The number of hydrogen-bond acceptors (Lipinski definition) is 3. The summed E-state index contributed by atoms with van der Waals surface area (Å²) in [6.07, 6.45) is 2.00. The third kappa shape index (κ3) is 5.99. The second-order valence-electron chi connectivity index (χ2n) is 5.44. The van der Waals surface area contributed by atoms with Crippen molar-refractivity contribution in [3.8, 4) is 0 Å². The minimum Gasteiger partial charge on any atom is -0.352 e. The van der Waals surface area contributed by atoms with Gasteiger partial charge in [0.25, 0.3) is 5.69 Å². The molecule has 1 heterocycles. The van der Waals surface area contributed by atoms with E-state index in [0.717, 1.165) is 21.7 Å². The van der Waals surface area contributed by atoms with E-state index in [4.69, 9.17) is 0 Å². The fourth-order valence-electron chi connectivity index (χ4n) is 2.39. The number of hydrogen-bond donors (Lipinski definition) is 1. The lowest BCUT2D eigenvalue weighted by Crippen LogP contribution is -2.38. The fourth-order valence-corrected chi connectivity index (χ4v) is 2.96. The number of nitro groups is 1. The van der Waals surface area contributed by atoms with Crippen LogP contribution in [0.15, 0.2) is 46.0 Å². The Hall–Kier alpha value is -1.62. The van der Waals surface area contributed by atoms with Gasteiger partial charge in [0.1, 0.15) is 0 Å². The first-order valence-electron chi connectivity index (χ1n) is 7.36. The number of benzene rings is 1. The summed E-state index contributed by atoms with van der Waals surface area (Å²) in [5.41, 5.74) is 2.06. The van der Waals surface area contributed by atoms with Gasteiger partial charge in [-0.05, 0) is 27.6 Å². The highest BCUT2D eigenvalue weighted by molar-refractivity contribution is 14.0. The number of aromatic nitrogens is 1. The Bertz CT molecular complexity index is 763. The maximum Gasteiger partial charge on any atom is 0.269 e. The first kappa shape index (κ1) is 21.4. The number of guanidine groups is 1. The van der Waals surface area contributed by atoms with Gasteiger partial charge in [0.05, 0.1) is 11.5 Å². The quantitative estimate of drug-likeness (QED) is 0.215. The topological polar surface area (TPSA) is 75.7 Å². The second-order valence-corrected chi connectivity index (χ2v) is 6.36. The third-order valence-corrected chi connectivity index (χ3v) is 4.05. The molecule has 1 aromatic heterocycles. The molecule has 2 rings (SSSR count). The number of halogens is 2. The molecular formula is C16H21BrIN5O2. The van der Waals surface area contributed by atoms with Crippen molar-refractivity contribution < 1.29 is 4.92 Å². The van der Waals surface area contributed by atoms with Crippen molar-refractivity contribution in [2.45, 2.75) is 13.1 Å². The van der Waals surface area contributed by atoms with Crippen LogP contribution in [0.3, 0.4) is 0 Å². The summed E-state index contributed by atoms with van der Waals surface area (Å²) in [7, 11) is 5.66. The standard InChI is InChI=1S/C16H20BrN5O2.HI/c1-18-16(21(3)11-15-8-13(17)10-20(15)2)19-9-12-5-4-6-14(7-12)22(23)24;/h4-8,10H,9,11H2,1-3H3,(H,18,19);1H. The maximum atomic E-state index is 10.8. The zero-order valence-electron chi connectivity index (χ0n) is 14.3. The minimum atomic E-state index is -0.391. The fraction of sp³-hybridized carbons (Fsp3) is 0.312. The van der Waals surface area contributed by atoms with Gasteiger partial charge in [0.2, 0.25) is 0 Å². The highest BCUT2D eigenvalue weighted by atomic mass is 127. The summed E-state index contributed by atoms with van der Waals surface area (Å²) >= 11 is 3.47. The molecule has 0 radical (unpaired) electrons. The van der Waals surface area contributed by atoms with Crippen molar-refractivity contribution in [1.82, 2.24) is 14.8 Å². The lowest BCUT2D eigenvalue weighted by molar-refractivity contribution is -0.384. The predicted octanol–water partition coefficient (Wildman–Crippen LogP) is 3.52. The molecule has 9 heteroatoms. The number of nitro benzene ring substituents is 1. The zero-order chi connectivity index (χ0) is 17.7. The van der Waals surface area contributed by atoms with E-state index in [1.165, 1.54) is 6.07 Å². The number of nitrogens with zero attached hydrogens (tertiary/aromatic N) is 4. The van der Waals surface area contributed by atoms with Crippen molar-refractivity contribution >= 4 is 51.6 Å². The van der Waals surface area contributed by atoms with Crippen LogP contribution < -0.4 is 5.32 Å².